The van der Waals surface area contributed by atoms with Crippen LogP contribution in [0.3, 0.4) is 0 Å². The topological polar surface area (TPSA) is 53.7 Å². The molecule has 0 spiro atoms. The van der Waals surface area contributed by atoms with Crippen LogP contribution < -0.4 is 14.2 Å². The summed E-state index contributed by atoms with van der Waals surface area (Å²) >= 11 is 0. The Balaban J connectivity index is 2.33. The Labute approximate surface area is 92.6 Å². The van der Waals surface area contributed by atoms with Gasteiger partial charge < -0.3 is 18.6 Å². The minimum atomic E-state index is 0.159. The summed E-state index contributed by atoms with van der Waals surface area (Å²) < 4.78 is 20.7. The van der Waals surface area contributed by atoms with E-state index >= 15 is 0 Å². The van der Waals surface area contributed by atoms with Crippen molar-refractivity contribution in [2.75, 3.05) is 14.2 Å². The molecular weight excluding hydrogens is 210 g/mol. The highest BCUT2D eigenvalue weighted by atomic mass is 16.6. The lowest BCUT2D eigenvalue weighted by Crippen LogP contribution is -1.94. The number of benzene rings is 1. The summed E-state index contributed by atoms with van der Waals surface area (Å²) in [6.45, 7) is 0. The molecule has 2 rings (SSSR count). The van der Waals surface area contributed by atoms with Crippen molar-refractivity contribution in [3.05, 3.63) is 30.7 Å². The van der Waals surface area contributed by atoms with Gasteiger partial charge in [-0.05, 0) is 12.1 Å². The second-order valence-corrected chi connectivity index (χ2v) is 2.89. The maximum Gasteiger partial charge on any atom is 0.399 e. The lowest BCUT2D eigenvalue weighted by atomic mass is 10.3. The minimum absolute atomic E-state index is 0.159. The molecule has 2 aromatic rings. The van der Waals surface area contributed by atoms with E-state index in [1.807, 2.05) is 0 Å². The van der Waals surface area contributed by atoms with Gasteiger partial charge in [0.25, 0.3) is 0 Å². The Morgan fingerprint density at radius 3 is 2.56 bits per heavy atom. The number of methoxy groups -OCH3 is 2. The van der Waals surface area contributed by atoms with Gasteiger partial charge in [0, 0.05) is 0 Å². The number of hydrogen-bond acceptors (Lipinski definition) is 5. The average molecular weight is 221 g/mol. The van der Waals surface area contributed by atoms with Crippen LogP contribution in [-0.4, -0.2) is 19.2 Å². The van der Waals surface area contributed by atoms with Crippen molar-refractivity contribution in [1.82, 2.24) is 4.98 Å². The standard InChI is InChI=1S/C11H11NO4/c1-13-8-4-3-5-9(10(8)14-2)16-11-12-6-7-15-11/h3-7H,1-2H3. The lowest BCUT2D eigenvalue weighted by Gasteiger charge is -2.10. The highest BCUT2D eigenvalue weighted by molar-refractivity contribution is 5.51. The van der Waals surface area contributed by atoms with Crippen LogP contribution in [0.25, 0.3) is 0 Å². The van der Waals surface area contributed by atoms with E-state index in [4.69, 9.17) is 18.6 Å². The molecule has 1 aromatic heterocycles. The maximum absolute atomic E-state index is 5.40. The van der Waals surface area contributed by atoms with Gasteiger partial charge in [0.05, 0.1) is 20.4 Å². The number of ether oxygens (including phenoxy) is 3. The molecule has 1 heterocycles. The fraction of sp³-hybridized carbons (Fsp3) is 0.182. The van der Waals surface area contributed by atoms with Gasteiger partial charge in [0.2, 0.25) is 5.75 Å². The summed E-state index contributed by atoms with van der Waals surface area (Å²) in [6, 6.07) is 5.31. The van der Waals surface area contributed by atoms with Crippen LogP contribution in [0.2, 0.25) is 0 Å². The third kappa shape index (κ3) is 1.93. The van der Waals surface area contributed by atoms with Crippen LogP contribution >= 0.6 is 0 Å². The van der Waals surface area contributed by atoms with E-state index in [-0.39, 0.29) is 6.08 Å². The van der Waals surface area contributed by atoms with Crippen LogP contribution in [0.4, 0.5) is 0 Å². The van der Waals surface area contributed by atoms with Gasteiger partial charge in [-0.15, -0.1) is 0 Å². The van der Waals surface area contributed by atoms with Crippen molar-refractivity contribution in [2.45, 2.75) is 0 Å². The SMILES string of the molecule is COc1cccc(Oc2ncco2)c1OC. The van der Waals surface area contributed by atoms with Gasteiger partial charge in [-0.3, -0.25) is 0 Å². The predicted octanol–water partition coefficient (Wildman–Crippen LogP) is 2.48. The third-order valence-electron chi connectivity index (χ3n) is 1.97. The number of hydrogen-bond donors (Lipinski definition) is 0. The monoisotopic (exact) mass is 221 g/mol. The number of para-hydroxylation sites is 1. The maximum atomic E-state index is 5.40. The predicted molar refractivity (Wildman–Crippen MR) is 56.1 cm³/mol. The van der Waals surface area contributed by atoms with Crippen LogP contribution in [-0.2, 0) is 0 Å². The summed E-state index contributed by atoms with van der Waals surface area (Å²) in [5, 5.41) is 0. The largest absolute Gasteiger partial charge is 0.493 e. The van der Waals surface area contributed by atoms with Crippen molar-refractivity contribution < 1.29 is 18.6 Å². The second-order valence-electron chi connectivity index (χ2n) is 2.89. The van der Waals surface area contributed by atoms with E-state index in [0.717, 1.165) is 0 Å². The van der Waals surface area contributed by atoms with E-state index in [1.165, 1.54) is 12.5 Å². The zero-order chi connectivity index (χ0) is 11.4. The van der Waals surface area contributed by atoms with Crippen molar-refractivity contribution in [1.29, 1.82) is 0 Å². The molecule has 1 aromatic carbocycles. The van der Waals surface area contributed by atoms with E-state index in [2.05, 4.69) is 4.98 Å². The van der Waals surface area contributed by atoms with Gasteiger partial charge in [0.15, 0.2) is 11.5 Å². The van der Waals surface area contributed by atoms with E-state index in [9.17, 15) is 0 Å². The quantitative estimate of drug-likeness (QED) is 0.793. The lowest BCUT2D eigenvalue weighted by molar-refractivity contribution is 0.299. The van der Waals surface area contributed by atoms with Crippen LogP contribution in [0.1, 0.15) is 0 Å². The minimum Gasteiger partial charge on any atom is -0.493 e. The summed E-state index contributed by atoms with van der Waals surface area (Å²) in [5.41, 5.74) is 0. The molecule has 0 aliphatic carbocycles. The molecule has 0 saturated carbocycles. The van der Waals surface area contributed by atoms with Gasteiger partial charge in [-0.2, -0.15) is 4.98 Å². The van der Waals surface area contributed by atoms with Crippen molar-refractivity contribution >= 4 is 0 Å². The Morgan fingerprint density at radius 2 is 1.94 bits per heavy atom. The molecule has 84 valence electrons. The molecular formula is C11H11NO4. The molecule has 0 N–H and O–H groups in total. The molecule has 0 aliphatic rings. The summed E-state index contributed by atoms with van der Waals surface area (Å²) in [7, 11) is 3.10. The zero-order valence-corrected chi connectivity index (χ0v) is 8.97. The van der Waals surface area contributed by atoms with Crippen LogP contribution in [0, 0.1) is 0 Å². The molecule has 0 radical (unpaired) electrons. The fourth-order valence-corrected chi connectivity index (χ4v) is 1.29. The number of nitrogens with zero attached hydrogens (tertiary/aromatic N) is 1. The molecule has 0 unspecified atom stereocenters. The molecule has 0 aliphatic heterocycles. The Kier molecular flexibility index (Phi) is 2.95. The molecule has 0 fully saturated rings. The van der Waals surface area contributed by atoms with E-state index in [1.54, 1.807) is 32.4 Å². The number of aromatic nitrogens is 1. The van der Waals surface area contributed by atoms with Gasteiger partial charge >= 0.3 is 6.08 Å². The Hall–Kier alpha value is -2.17. The highest BCUT2D eigenvalue weighted by Crippen LogP contribution is 2.38. The van der Waals surface area contributed by atoms with Gasteiger partial charge in [0.1, 0.15) is 6.26 Å². The summed E-state index contributed by atoms with van der Waals surface area (Å²) in [6.07, 6.45) is 3.09. The molecule has 0 bridgehead atoms. The third-order valence-corrected chi connectivity index (χ3v) is 1.97. The zero-order valence-electron chi connectivity index (χ0n) is 8.97. The normalized spacial score (nSPS) is 9.88. The molecule has 5 heteroatoms. The van der Waals surface area contributed by atoms with Crippen molar-refractivity contribution in [3.8, 4) is 23.3 Å². The first-order chi connectivity index (χ1) is 7.85. The molecule has 0 saturated heterocycles. The fourth-order valence-electron chi connectivity index (χ4n) is 1.29. The second kappa shape index (κ2) is 4.57. The Morgan fingerprint density at radius 1 is 1.12 bits per heavy atom. The summed E-state index contributed by atoms with van der Waals surface area (Å²) in [5.74, 6) is 1.58. The van der Waals surface area contributed by atoms with Gasteiger partial charge in [-0.1, -0.05) is 6.07 Å². The van der Waals surface area contributed by atoms with Crippen LogP contribution in [0.15, 0.2) is 35.1 Å². The van der Waals surface area contributed by atoms with E-state index < -0.39 is 0 Å². The molecule has 0 atom stereocenters. The van der Waals surface area contributed by atoms with Gasteiger partial charge in [-0.25, -0.2) is 0 Å². The Bertz CT molecular complexity index is 453. The van der Waals surface area contributed by atoms with Crippen LogP contribution in [0.5, 0.6) is 23.3 Å². The average Bonchev–Trinajstić information content (AvgIpc) is 2.81. The first-order valence-electron chi connectivity index (χ1n) is 4.63. The highest BCUT2D eigenvalue weighted by Gasteiger charge is 2.12. The molecule has 0 amide bonds. The summed E-state index contributed by atoms with van der Waals surface area (Å²) in [4.78, 5) is 3.86. The van der Waals surface area contributed by atoms with Crippen molar-refractivity contribution in [3.63, 3.8) is 0 Å². The first-order valence-corrected chi connectivity index (χ1v) is 4.63. The van der Waals surface area contributed by atoms with E-state index in [0.29, 0.717) is 17.2 Å². The molecule has 16 heavy (non-hydrogen) atoms. The van der Waals surface area contributed by atoms with Crippen molar-refractivity contribution in [2.24, 2.45) is 0 Å². The number of rotatable bonds is 4. The first kappa shape index (κ1) is 10.4. The number of oxazole rings is 1. The molecule has 5 nitrogen and oxygen atoms in total. The smallest absolute Gasteiger partial charge is 0.399 e.